The van der Waals surface area contributed by atoms with E-state index < -0.39 is 0 Å². The van der Waals surface area contributed by atoms with E-state index in [1.165, 1.54) is 5.56 Å². The van der Waals surface area contributed by atoms with Gasteiger partial charge in [-0.2, -0.15) is 4.98 Å². The maximum Gasteiger partial charge on any atom is 0.224 e. The highest BCUT2D eigenvalue weighted by Gasteiger charge is 2.04. The quantitative estimate of drug-likeness (QED) is 0.849. The molecular weight excluding hydrogens is 320 g/mol. The fraction of sp³-hybridized carbons (Fsp3) is 0.286. The SMILES string of the molecule is CNc1ncc(Br)c(NCCc2cccc(OC)c2)n1. The van der Waals surface area contributed by atoms with E-state index in [0.29, 0.717) is 5.95 Å². The van der Waals surface area contributed by atoms with Crippen molar-refractivity contribution < 1.29 is 4.74 Å². The molecule has 0 unspecified atom stereocenters. The van der Waals surface area contributed by atoms with Crippen molar-refractivity contribution in [2.24, 2.45) is 0 Å². The molecule has 2 rings (SSSR count). The minimum Gasteiger partial charge on any atom is -0.497 e. The largest absolute Gasteiger partial charge is 0.497 e. The average Bonchev–Trinajstić information content (AvgIpc) is 2.49. The number of hydrogen-bond acceptors (Lipinski definition) is 5. The standard InChI is InChI=1S/C14H17BrN4O/c1-16-14-18-9-12(15)13(19-14)17-7-6-10-4-3-5-11(8-10)20-2/h3-5,8-9H,6-7H2,1-2H3,(H2,16,17,18,19). The molecular formula is C14H17BrN4O. The lowest BCUT2D eigenvalue weighted by molar-refractivity contribution is 0.414. The van der Waals surface area contributed by atoms with Gasteiger partial charge in [-0.25, -0.2) is 4.98 Å². The summed E-state index contributed by atoms with van der Waals surface area (Å²) >= 11 is 3.43. The van der Waals surface area contributed by atoms with E-state index in [2.05, 4.69) is 42.6 Å². The number of ether oxygens (including phenoxy) is 1. The number of anilines is 2. The van der Waals surface area contributed by atoms with Crippen molar-refractivity contribution in [2.75, 3.05) is 31.3 Å². The number of rotatable bonds is 6. The molecule has 5 nitrogen and oxygen atoms in total. The Bertz CT molecular complexity index is 577. The molecule has 0 fully saturated rings. The van der Waals surface area contributed by atoms with Crippen LogP contribution in [0.4, 0.5) is 11.8 Å². The van der Waals surface area contributed by atoms with Crippen LogP contribution in [0.25, 0.3) is 0 Å². The zero-order valence-corrected chi connectivity index (χ0v) is 13.1. The minimum atomic E-state index is 0.595. The first-order valence-electron chi connectivity index (χ1n) is 6.30. The molecule has 0 aliphatic heterocycles. The highest BCUT2D eigenvalue weighted by Crippen LogP contribution is 2.20. The van der Waals surface area contributed by atoms with Gasteiger partial charge in [-0.3, -0.25) is 0 Å². The normalized spacial score (nSPS) is 10.2. The molecule has 2 aromatic rings. The summed E-state index contributed by atoms with van der Waals surface area (Å²) < 4.78 is 6.06. The molecule has 2 N–H and O–H groups in total. The van der Waals surface area contributed by atoms with Crippen molar-refractivity contribution in [3.63, 3.8) is 0 Å². The van der Waals surface area contributed by atoms with E-state index in [0.717, 1.165) is 29.0 Å². The monoisotopic (exact) mass is 336 g/mol. The Labute approximate surface area is 126 Å². The molecule has 0 aliphatic carbocycles. The Morgan fingerprint density at radius 2 is 2.20 bits per heavy atom. The second kappa shape index (κ2) is 7.09. The van der Waals surface area contributed by atoms with Gasteiger partial charge in [-0.1, -0.05) is 12.1 Å². The number of nitrogens with one attached hydrogen (secondary N) is 2. The molecule has 0 saturated heterocycles. The van der Waals surface area contributed by atoms with Gasteiger partial charge in [0.05, 0.1) is 11.6 Å². The second-order valence-electron chi connectivity index (χ2n) is 4.17. The van der Waals surface area contributed by atoms with Crippen LogP contribution in [0.1, 0.15) is 5.56 Å². The lowest BCUT2D eigenvalue weighted by Gasteiger charge is -2.09. The molecule has 0 aliphatic rings. The van der Waals surface area contributed by atoms with Gasteiger partial charge >= 0.3 is 0 Å². The highest BCUT2D eigenvalue weighted by molar-refractivity contribution is 9.10. The zero-order chi connectivity index (χ0) is 14.4. The Balaban J connectivity index is 1.95. The second-order valence-corrected chi connectivity index (χ2v) is 5.02. The van der Waals surface area contributed by atoms with Crippen LogP contribution in [-0.2, 0) is 6.42 Å². The Morgan fingerprint density at radius 1 is 1.35 bits per heavy atom. The van der Waals surface area contributed by atoms with Crippen molar-refractivity contribution in [3.8, 4) is 5.75 Å². The lowest BCUT2D eigenvalue weighted by Crippen LogP contribution is -2.08. The molecule has 0 saturated carbocycles. The topological polar surface area (TPSA) is 59.1 Å². The van der Waals surface area contributed by atoms with Crippen LogP contribution in [0.2, 0.25) is 0 Å². The first kappa shape index (κ1) is 14.6. The van der Waals surface area contributed by atoms with Gasteiger partial charge in [-0.15, -0.1) is 0 Å². The fourth-order valence-corrected chi connectivity index (χ4v) is 2.10. The summed E-state index contributed by atoms with van der Waals surface area (Å²) in [6.07, 6.45) is 2.62. The molecule has 0 radical (unpaired) electrons. The summed E-state index contributed by atoms with van der Waals surface area (Å²) in [5.74, 6) is 2.26. The summed E-state index contributed by atoms with van der Waals surface area (Å²) in [6, 6.07) is 8.05. The number of halogens is 1. The van der Waals surface area contributed by atoms with E-state index in [4.69, 9.17) is 4.74 Å². The Kier molecular flexibility index (Phi) is 5.17. The Hall–Kier alpha value is -1.82. The molecule has 20 heavy (non-hydrogen) atoms. The minimum absolute atomic E-state index is 0.595. The first-order chi connectivity index (χ1) is 9.72. The van der Waals surface area contributed by atoms with Crippen LogP contribution in [0.15, 0.2) is 34.9 Å². The summed E-state index contributed by atoms with van der Waals surface area (Å²) in [7, 11) is 3.47. The van der Waals surface area contributed by atoms with Gasteiger partial charge in [0.1, 0.15) is 11.6 Å². The van der Waals surface area contributed by atoms with E-state index in [-0.39, 0.29) is 0 Å². The highest BCUT2D eigenvalue weighted by atomic mass is 79.9. The lowest BCUT2D eigenvalue weighted by atomic mass is 10.1. The van der Waals surface area contributed by atoms with Crippen molar-refractivity contribution in [2.45, 2.75) is 6.42 Å². The van der Waals surface area contributed by atoms with E-state index in [1.807, 2.05) is 18.2 Å². The van der Waals surface area contributed by atoms with Gasteiger partial charge < -0.3 is 15.4 Å². The predicted molar refractivity (Wildman–Crippen MR) is 84.5 cm³/mol. The maximum atomic E-state index is 5.21. The first-order valence-corrected chi connectivity index (χ1v) is 7.09. The Morgan fingerprint density at radius 3 is 2.95 bits per heavy atom. The van der Waals surface area contributed by atoms with Gasteiger partial charge in [0, 0.05) is 19.8 Å². The average molecular weight is 337 g/mol. The van der Waals surface area contributed by atoms with E-state index >= 15 is 0 Å². The maximum absolute atomic E-state index is 5.21. The third-order valence-corrected chi connectivity index (χ3v) is 3.39. The van der Waals surface area contributed by atoms with Crippen LogP contribution < -0.4 is 15.4 Å². The smallest absolute Gasteiger partial charge is 0.224 e. The van der Waals surface area contributed by atoms with Crippen molar-refractivity contribution in [1.82, 2.24) is 9.97 Å². The van der Waals surface area contributed by atoms with Gasteiger partial charge in [0.25, 0.3) is 0 Å². The van der Waals surface area contributed by atoms with Gasteiger partial charge in [0.15, 0.2) is 0 Å². The number of methoxy groups -OCH3 is 1. The van der Waals surface area contributed by atoms with Gasteiger partial charge in [-0.05, 0) is 40.0 Å². The fourth-order valence-electron chi connectivity index (χ4n) is 1.76. The predicted octanol–water partition coefficient (Wildman–Crippen LogP) is 2.94. The third-order valence-electron chi connectivity index (χ3n) is 2.81. The summed E-state index contributed by atoms with van der Waals surface area (Å²) in [6.45, 7) is 0.784. The summed E-state index contributed by atoms with van der Waals surface area (Å²) in [4.78, 5) is 8.47. The van der Waals surface area contributed by atoms with Gasteiger partial charge in [0.2, 0.25) is 5.95 Å². The van der Waals surface area contributed by atoms with Crippen molar-refractivity contribution >= 4 is 27.7 Å². The van der Waals surface area contributed by atoms with Crippen LogP contribution in [-0.4, -0.2) is 30.7 Å². The summed E-state index contributed by atoms with van der Waals surface area (Å²) in [5, 5.41) is 6.21. The van der Waals surface area contributed by atoms with Crippen molar-refractivity contribution in [3.05, 3.63) is 40.5 Å². The van der Waals surface area contributed by atoms with Crippen LogP contribution >= 0.6 is 15.9 Å². The van der Waals surface area contributed by atoms with E-state index in [1.54, 1.807) is 20.4 Å². The number of nitrogens with zero attached hydrogens (tertiary/aromatic N) is 2. The zero-order valence-electron chi connectivity index (χ0n) is 11.5. The molecule has 1 aromatic heterocycles. The molecule has 0 bridgehead atoms. The molecule has 0 amide bonds. The molecule has 6 heteroatoms. The molecule has 0 spiro atoms. The van der Waals surface area contributed by atoms with Crippen molar-refractivity contribution in [1.29, 1.82) is 0 Å². The third kappa shape index (κ3) is 3.84. The van der Waals surface area contributed by atoms with E-state index in [9.17, 15) is 0 Å². The summed E-state index contributed by atoms with van der Waals surface area (Å²) in [5.41, 5.74) is 1.22. The van der Waals surface area contributed by atoms with Crippen LogP contribution in [0, 0.1) is 0 Å². The molecule has 1 aromatic carbocycles. The number of benzene rings is 1. The molecule has 0 atom stereocenters. The molecule has 106 valence electrons. The number of aromatic nitrogens is 2. The van der Waals surface area contributed by atoms with Crippen LogP contribution in [0.3, 0.4) is 0 Å². The van der Waals surface area contributed by atoms with Crippen LogP contribution in [0.5, 0.6) is 5.75 Å². The molecule has 1 heterocycles. The number of hydrogen-bond donors (Lipinski definition) is 2.